The molecule has 1 amide bonds. The average molecular weight is 381 g/mol. The highest BCUT2D eigenvalue weighted by molar-refractivity contribution is 5.93. The number of rotatable bonds is 4. The van der Waals surface area contributed by atoms with Crippen LogP contribution in [-0.4, -0.2) is 38.5 Å². The summed E-state index contributed by atoms with van der Waals surface area (Å²) in [4.78, 5) is 20.0. The number of carbonyl (C=O) groups excluding carboxylic acids is 1. The maximum absolute atomic E-state index is 13.0. The Morgan fingerprint density at radius 1 is 0.929 bits per heavy atom. The highest BCUT2D eigenvalue weighted by Crippen LogP contribution is 2.40. The third-order valence-electron chi connectivity index (χ3n) is 6.84. The van der Waals surface area contributed by atoms with Gasteiger partial charge < -0.3 is 4.90 Å². The smallest absolute Gasteiger partial charge is 0.274 e. The van der Waals surface area contributed by atoms with Crippen LogP contribution in [0.3, 0.4) is 0 Å². The van der Waals surface area contributed by atoms with E-state index in [4.69, 9.17) is 10.1 Å². The van der Waals surface area contributed by atoms with Gasteiger partial charge in [0.15, 0.2) is 11.3 Å². The molecule has 0 N–H and O–H groups in total. The second kappa shape index (κ2) is 7.84. The number of aromatic nitrogens is 3. The molecule has 5 heteroatoms. The first-order valence-corrected chi connectivity index (χ1v) is 11.5. The molecule has 0 aromatic carbocycles. The summed E-state index contributed by atoms with van der Waals surface area (Å²) < 4.78 is 1.97. The van der Waals surface area contributed by atoms with Crippen LogP contribution in [0.25, 0.3) is 5.65 Å². The molecule has 3 heterocycles. The lowest BCUT2D eigenvalue weighted by Gasteiger charge is -2.21. The summed E-state index contributed by atoms with van der Waals surface area (Å²) in [6, 6.07) is 4.22. The molecular formula is C23H32N4O. The minimum absolute atomic E-state index is 0.0861. The molecule has 3 aliphatic rings. The van der Waals surface area contributed by atoms with E-state index < -0.39 is 0 Å². The molecule has 0 bridgehead atoms. The largest absolute Gasteiger partial charge is 0.337 e. The Kier molecular flexibility index (Phi) is 5.08. The summed E-state index contributed by atoms with van der Waals surface area (Å²) in [5, 5.41) is 4.73. The van der Waals surface area contributed by atoms with Crippen LogP contribution in [0.15, 0.2) is 12.1 Å². The number of carbonyl (C=O) groups is 1. The van der Waals surface area contributed by atoms with Gasteiger partial charge in [-0.05, 0) is 44.1 Å². The average Bonchev–Trinajstić information content (AvgIpc) is 3.51. The summed E-state index contributed by atoms with van der Waals surface area (Å²) in [6.07, 6.45) is 15.0. The lowest BCUT2D eigenvalue weighted by Crippen LogP contribution is -2.32. The number of hydrogen-bond donors (Lipinski definition) is 0. The molecule has 0 atom stereocenters. The Balaban J connectivity index is 1.44. The fourth-order valence-electron chi connectivity index (χ4n) is 5.05. The van der Waals surface area contributed by atoms with E-state index in [1.807, 2.05) is 15.5 Å². The lowest BCUT2D eigenvalue weighted by atomic mass is 9.86. The minimum atomic E-state index is 0.0861. The summed E-state index contributed by atoms with van der Waals surface area (Å²) >= 11 is 0. The number of hydrogen-bond acceptors (Lipinski definition) is 3. The zero-order valence-electron chi connectivity index (χ0n) is 16.9. The highest BCUT2D eigenvalue weighted by atomic mass is 16.2. The van der Waals surface area contributed by atoms with Gasteiger partial charge in [-0.2, -0.15) is 5.10 Å². The van der Waals surface area contributed by atoms with E-state index in [9.17, 15) is 4.79 Å². The molecule has 150 valence electrons. The van der Waals surface area contributed by atoms with Crippen molar-refractivity contribution in [2.24, 2.45) is 5.92 Å². The van der Waals surface area contributed by atoms with Crippen molar-refractivity contribution in [3.63, 3.8) is 0 Å². The van der Waals surface area contributed by atoms with E-state index in [2.05, 4.69) is 6.07 Å². The van der Waals surface area contributed by atoms with Crippen LogP contribution in [0.4, 0.5) is 0 Å². The van der Waals surface area contributed by atoms with Crippen LogP contribution < -0.4 is 0 Å². The molecule has 28 heavy (non-hydrogen) atoms. The summed E-state index contributed by atoms with van der Waals surface area (Å²) in [5.41, 5.74) is 3.92. The van der Waals surface area contributed by atoms with E-state index in [1.165, 1.54) is 69.2 Å². The molecule has 1 saturated heterocycles. The molecule has 0 radical (unpaired) electrons. The standard InChI is InChI=1S/C23H32N4O/c28-23(26-12-6-1-2-7-13-26)20-16-22-24-19(14-17-8-4-3-5-9-17)15-21(18-10-11-18)27(22)25-20/h15-18H,1-14H2. The fourth-order valence-corrected chi connectivity index (χ4v) is 5.05. The number of nitrogens with zero attached hydrogens (tertiary/aromatic N) is 4. The van der Waals surface area contributed by atoms with Crippen molar-refractivity contribution >= 4 is 11.6 Å². The highest BCUT2D eigenvalue weighted by Gasteiger charge is 2.29. The maximum atomic E-state index is 13.0. The molecule has 2 aromatic rings. The second-order valence-corrected chi connectivity index (χ2v) is 9.16. The van der Waals surface area contributed by atoms with E-state index >= 15 is 0 Å². The van der Waals surface area contributed by atoms with Crippen LogP contribution in [0, 0.1) is 5.92 Å². The first kappa shape index (κ1) is 18.1. The minimum Gasteiger partial charge on any atom is -0.337 e. The van der Waals surface area contributed by atoms with Gasteiger partial charge in [-0.25, -0.2) is 9.50 Å². The number of amides is 1. The molecular weight excluding hydrogens is 348 g/mol. The lowest BCUT2D eigenvalue weighted by molar-refractivity contribution is 0.0755. The quantitative estimate of drug-likeness (QED) is 0.769. The molecule has 2 saturated carbocycles. The van der Waals surface area contributed by atoms with Gasteiger partial charge in [-0.15, -0.1) is 0 Å². The third-order valence-corrected chi connectivity index (χ3v) is 6.84. The Morgan fingerprint density at radius 3 is 2.36 bits per heavy atom. The first-order chi connectivity index (χ1) is 13.8. The van der Waals surface area contributed by atoms with Crippen LogP contribution in [0.2, 0.25) is 0 Å². The summed E-state index contributed by atoms with van der Waals surface area (Å²) in [6.45, 7) is 1.73. The molecule has 5 nitrogen and oxygen atoms in total. The van der Waals surface area contributed by atoms with Crippen molar-refractivity contribution in [3.05, 3.63) is 29.2 Å². The topological polar surface area (TPSA) is 50.5 Å². The van der Waals surface area contributed by atoms with E-state index in [0.717, 1.165) is 43.9 Å². The maximum Gasteiger partial charge on any atom is 0.274 e. The molecule has 2 aliphatic carbocycles. The van der Waals surface area contributed by atoms with Gasteiger partial charge in [0, 0.05) is 36.5 Å². The molecule has 0 unspecified atom stereocenters. The van der Waals surface area contributed by atoms with Gasteiger partial charge in [0.2, 0.25) is 0 Å². The van der Waals surface area contributed by atoms with Crippen molar-refractivity contribution in [2.75, 3.05) is 13.1 Å². The van der Waals surface area contributed by atoms with Crippen LogP contribution in [0.1, 0.15) is 98.4 Å². The van der Waals surface area contributed by atoms with E-state index in [1.54, 1.807) is 0 Å². The molecule has 3 fully saturated rings. The van der Waals surface area contributed by atoms with E-state index in [0.29, 0.717) is 11.6 Å². The van der Waals surface area contributed by atoms with Gasteiger partial charge in [0.05, 0.1) is 0 Å². The number of fused-ring (bicyclic) bond motifs is 1. The van der Waals surface area contributed by atoms with Crippen molar-refractivity contribution in [1.29, 1.82) is 0 Å². The van der Waals surface area contributed by atoms with Crippen molar-refractivity contribution in [1.82, 2.24) is 19.5 Å². The molecule has 0 spiro atoms. The predicted octanol–water partition coefficient (Wildman–Crippen LogP) is 4.75. The SMILES string of the molecule is O=C(c1cc2nc(CC3CCCCC3)cc(C3CC3)n2n1)N1CCCCCC1. The van der Waals surface area contributed by atoms with Gasteiger partial charge in [-0.1, -0.05) is 44.9 Å². The summed E-state index contributed by atoms with van der Waals surface area (Å²) in [5.74, 6) is 1.46. The van der Waals surface area contributed by atoms with Gasteiger partial charge in [0.25, 0.3) is 5.91 Å². The van der Waals surface area contributed by atoms with Crippen LogP contribution in [0.5, 0.6) is 0 Å². The Morgan fingerprint density at radius 2 is 1.64 bits per heavy atom. The van der Waals surface area contributed by atoms with Crippen molar-refractivity contribution in [3.8, 4) is 0 Å². The molecule has 5 rings (SSSR count). The fraction of sp³-hybridized carbons (Fsp3) is 0.696. The zero-order chi connectivity index (χ0) is 18.9. The summed E-state index contributed by atoms with van der Waals surface area (Å²) in [7, 11) is 0. The second-order valence-electron chi connectivity index (χ2n) is 9.16. The third kappa shape index (κ3) is 3.81. The molecule has 2 aromatic heterocycles. The number of likely N-dealkylation sites (tertiary alicyclic amines) is 1. The van der Waals surface area contributed by atoms with Gasteiger partial charge >= 0.3 is 0 Å². The normalized spacial score (nSPS) is 21.8. The Labute approximate surface area is 167 Å². The van der Waals surface area contributed by atoms with Crippen LogP contribution in [-0.2, 0) is 6.42 Å². The van der Waals surface area contributed by atoms with Crippen LogP contribution >= 0.6 is 0 Å². The first-order valence-electron chi connectivity index (χ1n) is 11.5. The monoisotopic (exact) mass is 380 g/mol. The van der Waals surface area contributed by atoms with E-state index in [-0.39, 0.29) is 5.91 Å². The van der Waals surface area contributed by atoms with Gasteiger partial charge in [-0.3, -0.25) is 4.79 Å². The molecule has 1 aliphatic heterocycles. The zero-order valence-corrected chi connectivity index (χ0v) is 16.9. The van der Waals surface area contributed by atoms with Crippen molar-refractivity contribution < 1.29 is 4.79 Å². The van der Waals surface area contributed by atoms with Gasteiger partial charge in [0.1, 0.15) is 0 Å². The Bertz CT molecular complexity index is 840. The Hall–Kier alpha value is -1.91. The van der Waals surface area contributed by atoms with Crippen molar-refractivity contribution in [2.45, 2.75) is 83.0 Å². The predicted molar refractivity (Wildman–Crippen MR) is 110 cm³/mol.